The van der Waals surface area contributed by atoms with E-state index in [1.165, 1.54) is 19.3 Å². The van der Waals surface area contributed by atoms with E-state index in [-0.39, 0.29) is 18.4 Å². The molecule has 3 aromatic rings. The fourth-order valence-corrected chi connectivity index (χ4v) is 5.01. The van der Waals surface area contributed by atoms with E-state index in [1.807, 2.05) is 6.07 Å². The third-order valence-corrected chi connectivity index (χ3v) is 7.24. The lowest BCUT2D eigenvalue weighted by atomic mass is 9.99. The van der Waals surface area contributed by atoms with Crippen molar-refractivity contribution < 1.29 is 14.7 Å². The van der Waals surface area contributed by atoms with Crippen molar-refractivity contribution in [3.63, 3.8) is 0 Å². The molecule has 2 amide bonds. The van der Waals surface area contributed by atoms with Gasteiger partial charge in [-0.15, -0.1) is 0 Å². The van der Waals surface area contributed by atoms with Crippen LogP contribution >= 0.6 is 23.2 Å². The number of unbranched alkanes of at least 4 members (excludes halogenated alkanes) is 4. The van der Waals surface area contributed by atoms with Crippen LogP contribution in [-0.2, 0) is 29.1 Å². The predicted octanol–water partition coefficient (Wildman–Crippen LogP) is 4.30. The van der Waals surface area contributed by atoms with E-state index in [9.17, 15) is 14.7 Å². The van der Waals surface area contributed by atoms with Gasteiger partial charge in [-0.3, -0.25) is 14.3 Å². The van der Waals surface area contributed by atoms with E-state index in [1.54, 1.807) is 21.8 Å². The van der Waals surface area contributed by atoms with E-state index >= 15 is 0 Å². The molecule has 1 aromatic carbocycles. The number of aliphatic hydroxyl groups excluding tert-OH is 1. The zero-order valence-electron chi connectivity index (χ0n) is 19.9. The number of nitrogens with zero attached hydrogens (tertiary/aromatic N) is 3. The highest BCUT2D eigenvalue weighted by atomic mass is 35.5. The van der Waals surface area contributed by atoms with Crippen molar-refractivity contribution >= 4 is 45.9 Å². The minimum Gasteiger partial charge on any atom is -0.387 e. The number of aromatic nitrogens is 3. The van der Waals surface area contributed by atoms with Gasteiger partial charge in [0.25, 0.3) is 0 Å². The van der Waals surface area contributed by atoms with Crippen LogP contribution in [0.25, 0.3) is 22.2 Å². The van der Waals surface area contributed by atoms with Crippen molar-refractivity contribution in [1.82, 2.24) is 25.0 Å². The summed E-state index contributed by atoms with van der Waals surface area (Å²) in [5.74, 6) is -0.390. The molecule has 0 aliphatic carbocycles. The molecule has 0 fully saturated rings. The van der Waals surface area contributed by atoms with Crippen LogP contribution in [0.3, 0.4) is 0 Å². The molecule has 0 spiro atoms. The first-order valence-corrected chi connectivity index (χ1v) is 12.9. The molecule has 8 nitrogen and oxygen atoms in total. The van der Waals surface area contributed by atoms with Crippen LogP contribution in [-0.4, -0.2) is 56.3 Å². The van der Waals surface area contributed by atoms with Gasteiger partial charge in [0.1, 0.15) is 13.2 Å². The molecule has 35 heavy (non-hydrogen) atoms. The zero-order valence-corrected chi connectivity index (χ0v) is 21.4. The Hall–Kier alpha value is -2.55. The van der Waals surface area contributed by atoms with E-state index in [2.05, 4.69) is 22.3 Å². The molecule has 188 valence electrons. The standard InChI is InChI=1S/C25H31Cl2N5O3/c1-2-3-4-5-6-9-28-21(34)14-32-11-8-20(30-32)16-12-18(26)24(27)25-23(16)17-13-31(22(35)15-33)10-7-19(17)29-25/h8,11-12,29,33H,2-7,9-10,13-15H2,1H3,(H,28,34). The summed E-state index contributed by atoms with van der Waals surface area (Å²) in [6.07, 6.45) is 8.11. The van der Waals surface area contributed by atoms with Crippen LogP contribution in [0.4, 0.5) is 0 Å². The Morgan fingerprint density at radius 3 is 2.80 bits per heavy atom. The van der Waals surface area contributed by atoms with E-state index < -0.39 is 6.61 Å². The molecule has 1 aliphatic rings. The number of fused-ring (bicyclic) bond motifs is 3. The molecular formula is C25H31Cl2N5O3. The quantitative estimate of drug-likeness (QED) is 0.347. The summed E-state index contributed by atoms with van der Waals surface area (Å²) >= 11 is 13.0. The summed E-state index contributed by atoms with van der Waals surface area (Å²) in [7, 11) is 0. The SMILES string of the molecule is CCCCCCCNC(=O)Cn1ccc(-c2cc(Cl)c(Cl)c3[nH]c4c(c23)CN(C(=O)CO)CC4)n1. The summed E-state index contributed by atoms with van der Waals surface area (Å²) in [6.45, 7) is 3.33. The summed E-state index contributed by atoms with van der Waals surface area (Å²) < 4.78 is 1.61. The molecule has 10 heteroatoms. The number of hydrogen-bond acceptors (Lipinski definition) is 4. The first-order valence-electron chi connectivity index (χ1n) is 12.1. The lowest BCUT2D eigenvalue weighted by molar-refractivity contribution is -0.135. The van der Waals surface area contributed by atoms with Gasteiger partial charge < -0.3 is 20.3 Å². The van der Waals surface area contributed by atoms with Crippen LogP contribution in [0.2, 0.25) is 10.0 Å². The topological polar surface area (TPSA) is 103 Å². The number of amides is 2. The highest BCUT2D eigenvalue weighted by Gasteiger charge is 2.27. The molecule has 0 bridgehead atoms. The van der Waals surface area contributed by atoms with Crippen molar-refractivity contribution in [1.29, 1.82) is 0 Å². The normalized spacial score (nSPS) is 13.3. The number of H-pyrrole nitrogens is 1. The van der Waals surface area contributed by atoms with Gasteiger partial charge in [0.05, 0.1) is 21.3 Å². The number of aliphatic hydroxyl groups is 1. The van der Waals surface area contributed by atoms with Crippen LogP contribution in [0.15, 0.2) is 18.3 Å². The van der Waals surface area contributed by atoms with Crippen LogP contribution in [0.5, 0.6) is 0 Å². The number of benzene rings is 1. The Balaban J connectivity index is 1.55. The number of carbonyl (C=O) groups is 2. The Kier molecular flexibility index (Phi) is 8.36. The summed E-state index contributed by atoms with van der Waals surface area (Å²) in [4.78, 5) is 29.5. The lowest BCUT2D eigenvalue weighted by Crippen LogP contribution is -2.37. The molecule has 0 unspecified atom stereocenters. The van der Waals surface area contributed by atoms with Gasteiger partial charge in [-0.2, -0.15) is 5.10 Å². The van der Waals surface area contributed by atoms with Crippen LogP contribution < -0.4 is 5.32 Å². The first-order chi connectivity index (χ1) is 16.9. The van der Waals surface area contributed by atoms with Gasteiger partial charge in [0.15, 0.2) is 0 Å². The third-order valence-electron chi connectivity index (χ3n) is 6.45. The highest BCUT2D eigenvalue weighted by Crippen LogP contribution is 2.41. The second kappa shape index (κ2) is 11.5. The number of halogens is 2. The van der Waals surface area contributed by atoms with Gasteiger partial charge in [-0.05, 0) is 18.6 Å². The molecule has 2 aromatic heterocycles. The Bertz CT molecular complexity index is 1220. The van der Waals surface area contributed by atoms with E-state index in [0.717, 1.165) is 35.0 Å². The van der Waals surface area contributed by atoms with Crippen molar-refractivity contribution in [3.8, 4) is 11.3 Å². The minimum absolute atomic E-state index is 0.0772. The van der Waals surface area contributed by atoms with Crippen molar-refractivity contribution in [3.05, 3.63) is 39.6 Å². The molecule has 0 saturated heterocycles. The lowest BCUT2D eigenvalue weighted by Gasteiger charge is -2.26. The van der Waals surface area contributed by atoms with E-state index in [0.29, 0.717) is 47.3 Å². The van der Waals surface area contributed by atoms with Gasteiger partial charge in [0.2, 0.25) is 11.8 Å². The number of rotatable bonds is 10. The average molecular weight is 520 g/mol. The smallest absolute Gasteiger partial charge is 0.248 e. The molecule has 0 radical (unpaired) electrons. The molecule has 3 heterocycles. The van der Waals surface area contributed by atoms with Gasteiger partial charge in [0, 0.05) is 54.5 Å². The summed E-state index contributed by atoms with van der Waals surface area (Å²) in [5, 5.41) is 18.6. The Labute approximate surface area is 214 Å². The average Bonchev–Trinajstić information content (AvgIpc) is 3.47. The molecule has 0 atom stereocenters. The van der Waals surface area contributed by atoms with Crippen LogP contribution in [0.1, 0.15) is 50.3 Å². The van der Waals surface area contributed by atoms with Crippen LogP contribution in [0, 0.1) is 0 Å². The van der Waals surface area contributed by atoms with Gasteiger partial charge >= 0.3 is 0 Å². The second-order valence-corrected chi connectivity index (χ2v) is 9.72. The summed E-state index contributed by atoms with van der Waals surface area (Å²) in [5.41, 5.74) is 4.07. The fraction of sp³-hybridized carbons (Fsp3) is 0.480. The summed E-state index contributed by atoms with van der Waals surface area (Å²) in [6, 6.07) is 3.62. The molecule has 4 rings (SSSR count). The Morgan fingerprint density at radius 2 is 2.03 bits per heavy atom. The van der Waals surface area contributed by atoms with Gasteiger partial charge in [-0.1, -0.05) is 55.8 Å². The highest BCUT2D eigenvalue weighted by molar-refractivity contribution is 6.45. The first kappa shape index (κ1) is 25.5. The number of aromatic amines is 1. The fourth-order valence-electron chi connectivity index (χ4n) is 4.61. The molecule has 1 aliphatic heterocycles. The van der Waals surface area contributed by atoms with E-state index in [4.69, 9.17) is 23.2 Å². The van der Waals surface area contributed by atoms with Gasteiger partial charge in [-0.25, -0.2) is 0 Å². The second-order valence-electron chi connectivity index (χ2n) is 8.94. The molecule has 3 N–H and O–H groups in total. The minimum atomic E-state index is -0.525. The number of carbonyl (C=O) groups excluding carboxylic acids is 2. The molecule has 0 saturated carbocycles. The maximum Gasteiger partial charge on any atom is 0.248 e. The predicted molar refractivity (Wildman–Crippen MR) is 138 cm³/mol. The number of hydrogen-bond donors (Lipinski definition) is 3. The third kappa shape index (κ3) is 5.66. The monoisotopic (exact) mass is 519 g/mol. The Morgan fingerprint density at radius 1 is 1.23 bits per heavy atom. The largest absolute Gasteiger partial charge is 0.387 e. The van der Waals surface area contributed by atoms with Crippen molar-refractivity contribution in [2.24, 2.45) is 0 Å². The molecular weight excluding hydrogens is 489 g/mol. The maximum atomic E-state index is 12.4. The van der Waals surface area contributed by atoms with Crippen molar-refractivity contribution in [2.75, 3.05) is 19.7 Å². The maximum absolute atomic E-state index is 12.4. The van der Waals surface area contributed by atoms with Crippen molar-refractivity contribution in [2.45, 2.75) is 58.5 Å². The number of nitrogens with one attached hydrogen (secondary N) is 2. The zero-order chi connectivity index (χ0) is 24.9.